The zero-order valence-corrected chi connectivity index (χ0v) is 7.06. The third-order valence-electron chi connectivity index (χ3n) is 1.37. The topological polar surface area (TPSA) is 121 Å². The highest BCUT2D eigenvalue weighted by Crippen LogP contribution is 2.05. The molecule has 0 spiro atoms. The van der Waals surface area contributed by atoms with Crippen LogP contribution in [-0.4, -0.2) is 39.1 Å². The lowest BCUT2D eigenvalue weighted by molar-refractivity contribution is -0.389. The number of H-pyrrole nitrogens is 1. The van der Waals surface area contributed by atoms with Crippen LogP contribution in [0.15, 0.2) is 6.20 Å². The average Bonchev–Trinajstić information content (AvgIpc) is 2.62. The Bertz CT molecular complexity index is 347. The summed E-state index contributed by atoms with van der Waals surface area (Å²) >= 11 is 0. The minimum absolute atomic E-state index is 0.0767. The van der Waals surface area contributed by atoms with E-state index in [-0.39, 0.29) is 24.8 Å². The van der Waals surface area contributed by atoms with E-state index in [2.05, 4.69) is 15.3 Å². The fraction of sp³-hybridized carbons (Fsp3) is 0.333. The normalized spacial score (nSPS) is 9.79. The number of hydrogen-bond donors (Lipinski definition) is 3. The number of amides is 1. The van der Waals surface area contributed by atoms with Gasteiger partial charge in [0.15, 0.2) is 0 Å². The van der Waals surface area contributed by atoms with Crippen molar-refractivity contribution in [3.63, 3.8) is 0 Å². The molecule has 0 aliphatic rings. The van der Waals surface area contributed by atoms with Crippen molar-refractivity contribution >= 4 is 11.7 Å². The first kappa shape index (κ1) is 10.1. The summed E-state index contributed by atoms with van der Waals surface area (Å²) in [7, 11) is 0. The second kappa shape index (κ2) is 4.33. The van der Waals surface area contributed by atoms with Crippen molar-refractivity contribution in [1.29, 1.82) is 0 Å². The van der Waals surface area contributed by atoms with Crippen molar-refractivity contribution in [3.8, 4) is 0 Å². The number of carbonyl (C=O) groups excluding carboxylic acids is 1. The van der Waals surface area contributed by atoms with Gasteiger partial charge in [-0.3, -0.25) is 4.79 Å². The van der Waals surface area contributed by atoms with Gasteiger partial charge in [0, 0.05) is 6.54 Å². The van der Waals surface area contributed by atoms with E-state index in [1.165, 1.54) is 0 Å². The molecule has 8 nitrogen and oxygen atoms in total. The fourth-order valence-corrected chi connectivity index (χ4v) is 0.773. The number of rotatable bonds is 4. The molecule has 0 aromatic carbocycles. The molecule has 8 heteroatoms. The Morgan fingerprint density at radius 3 is 3.00 bits per heavy atom. The van der Waals surface area contributed by atoms with Crippen molar-refractivity contribution in [3.05, 3.63) is 22.1 Å². The molecule has 1 aromatic rings. The van der Waals surface area contributed by atoms with E-state index in [0.717, 1.165) is 6.20 Å². The molecule has 76 valence electrons. The second-order valence-corrected chi connectivity index (χ2v) is 2.35. The van der Waals surface area contributed by atoms with Crippen molar-refractivity contribution in [2.75, 3.05) is 13.2 Å². The number of aromatic amines is 1. The highest BCUT2D eigenvalue weighted by atomic mass is 16.6. The van der Waals surface area contributed by atoms with Crippen molar-refractivity contribution < 1.29 is 14.8 Å². The number of nitrogens with one attached hydrogen (secondary N) is 2. The molecule has 0 saturated carbocycles. The van der Waals surface area contributed by atoms with Gasteiger partial charge in [-0.1, -0.05) is 0 Å². The molecule has 1 aromatic heterocycles. The summed E-state index contributed by atoms with van der Waals surface area (Å²) in [6, 6.07) is 0. The number of hydrogen-bond acceptors (Lipinski definition) is 5. The predicted molar refractivity (Wildman–Crippen MR) is 44.7 cm³/mol. The van der Waals surface area contributed by atoms with Crippen LogP contribution in [0.25, 0.3) is 0 Å². The third kappa shape index (κ3) is 2.26. The fourth-order valence-electron chi connectivity index (χ4n) is 0.773. The van der Waals surface area contributed by atoms with Crippen LogP contribution in [0.1, 0.15) is 10.6 Å². The smallest absolute Gasteiger partial charge is 0.341 e. The Labute approximate surface area is 78.1 Å². The summed E-state index contributed by atoms with van der Waals surface area (Å²) in [4.78, 5) is 26.3. The van der Waals surface area contributed by atoms with Crippen LogP contribution in [0.4, 0.5) is 5.82 Å². The van der Waals surface area contributed by atoms with Crippen LogP contribution in [0.5, 0.6) is 0 Å². The maximum absolute atomic E-state index is 11.1. The Balaban J connectivity index is 2.66. The highest BCUT2D eigenvalue weighted by molar-refractivity contribution is 5.90. The molecule has 0 aliphatic carbocycles. The van der Waals surface area contributed by atoms with Crippen LogP contribution < -0.4 is 5.32 Å². The largest absolute Gasteiger partial charge is 0.395 e. The first-order chi connectivity index (χ1) is 6.65. The van der Waals surface area contributed by atoms with Gasteiger partial charge < -0.3 is 20.5 Å². The third-order valence-corrected chi connectivity index (χ3v) is 1.37. The lowest BCUT2D eigenvalue weighted by atomic mass is 10.5. The standard InChI is InChI=1S/C6H8N4O4/c11-2-1-7-6(12)5-8-3-4(9-5)10(13)14/h3,11H,1-2H2,(H,7,12)(H,8,9). The lowest BCUT2D eigenvalue weighted by Crippen LogP contribution is -2.27. The molecule has 3 N–H and O–H groups in total. The minimum Gasteiger partial charge on any atom is -0.395 e. The van der Waals surface area contributed by atoms with Crippen molar-refractivity contribution in [1.82, 2.24) is 15.3 Å². The first-order valence-electron chi connectivity index (χ1n) is 3.73. The molecule has 0 unspecified atom stereocenters. The zero-order valence-electron chi connectivity index (χ0n) is 7.06. The number of carbonyl (C=O) groups is 1. The van der Waals surface area contributed by atoms with E-state index in [9.17, 15) is 14.9 Å². The molecule has 0 radical (unpaired) electrons. The molecular weight excluding hydrogens is 192 g/mol. The second-order valence-electron chi connectivity index (χ2n) is 2.35. The van der Waals surface area contributed by atoms with Gasteiger partial charge in [-0.2, -0.15) is 0 Å². The summed E-state index contributed by atoms with van der Waals surface area (Å²) < 4.78 is 0. The molecule has 0 bridgehead atoms. The molecule has 0 saturated heterocycles. The predicted octanol–water partition coefficient (Wildman–Crippen LogP) is -0.960. The van der Waals surface area contributed by atoms with E-state index >= 15 is 0 Å². The number of aliphatic hydroxyl groups is 1. The van der Waals surface area contributed by atoms with E-state index in [4.69, 9.17) is 5.11 Å². The molecule has 0 aliphatic heterocycles. The van der Waals surface area contributed by atoms with Gasteiger partial charge in [-0.25, -0.2) is 9.97 Å². The summed E-state index contributed by atoms with van der Waals surface area (Å²) in [6.45, 7) is -0.123. The molecule has 0 fully saturated rings. The van der Waals surface area contributed by atoms with Gasteiger partial charge >= 0.3 is 11.7 Å². The summed E-state index contributed by atoms with van der Waals surface area (Å²) in [6.07, 6.45) is 0.952. The van der Waals surface area contributed by atoms with Gasteiger partial charge in [-0.05, 0) is 4.92 Å². The van der Waals surface area contributed by atoms with Gasteiger partial charge in [-0.15, -0.1) is 0 Å². The number of imidazole rings is 1. The molecule has 1 rings (SSSR count). The minimum atomic E-state index is -0.685. The van der Waals surface area contributed by atoms with E-state index < -0.39 is 10.8 Å². The summed E-state index contributed by atoms with van der Waals surface area (Å²) in [5, 5.41) is 20.9. The monoisotopic (exact) mass is 200 g/mol. The quantitative estimate of drug-likeness (QED) is 0.427. The first-order valence-corrected chi connectivity index (χ1v) is 3.73. The number of nitro groups is 1. The Hall–Kier alpha value is -1.96. The molecule has 0 atom stereocenters. The van der Waals surface area contributed by atoms with Gasteiger partial charge in [0.1, 0.15) is 6.20 Å². The Morgan fingerprint density at radius 1 is 1.79 bits per heavy atom. The van der Waals surface area contributed by atoms with Gasteiger partial charge in [0.25, 0.3) is 5.82 Å². The van der Waals surface area contributed by atoms with Crippen molar-refractivity contribution in [2.24, 2.45) is 0 Å². The Kier molecular flexibility index (Phi) is 3.13. The molecule has 1 heterocycles. The van der Waals surface area contributed by atoms with Crippen LogP contribution in [-0.2, 0) is 0 Å². The highest BCUT2D eigenvalue weighted by Gasteiger charge is 2.16. The average molecular weight is 200 g/mol. The zero-order chi connectivity index (χ0) is 10.6. The van der Waals surface area contributed by atoms with E-state index in [0.29, 0.717) is 0 Å². The number of nitrogens with zero attached hydrogens (tertiary/aromatic N) is 2. The van der Waals surface area contributed by atoms with Crippen molar-refractivity contribution in [2.45, 2.75) is 0 Å². The maximum atomic E-state index is 11.1. The summed E-state index contributed by atoms with van der Waals surface area (Å²) in [5.41, 5.74) is 0. The number of aromatic nitrogens is 2. The van der Waals surface area contributed by atoms with Crippen LogP contribution in [0.3, 0.4) is 0 Å². The van der Waals surface area contributed by atoms with Crippen LogP contribution in [0, 0.1) is 10.1 Å². The molecule has 14 heavy (non-hydrogen) atoms. The van der Waals surface area contributed by atoms with E-state index in [1.807, 2.05) is 0 Å². The lowest BCUT2D eigenvalue weighted by Gasteiger charge is -1.96. The Morgan fingerprint density at radius 2 is 2.50 bits per heavy atom. The molecule has 1 amide bonds. The number of aliphatic hydroxyl groups excluding tert-OH is 1. The van der Waals surface area contributed by atoms with Gasteiger partial charge in [0.05, 0.1) is 6.61 Å². The maximum Gasteiger partial charge on any atom is 0.341 e. The summed E-state index contributed by atoms with van der Waals surface area (Å²) in [5.74, 6) is -1.09. The van der Waals surface area contributed by atoms with E-state index in [1.54, 1.807) is 0 Å². The SMILES string of the molecule is O=C(NCCO)c1ncc([N+](=O)[O-])[nH]1. The van der Waals surface area contributed by atoms with Crippen LogP contribution in [0.2, 0.25) is 0 Å². The molecular formula is C6H8N4O4. The van der Waals surface area contributed by atoms with Crippen LogP contribution >= 0.6 is 0 Å². The van der Waals surface area contributed by atoms with Gasteiger partial charge in [0.2, 0.25) is 0 Å².